The third-order valence-corrected chi connectivity index (χ3v) is 4.41. The number of carbonyl (C=O) groups excluding carboxylic acids is 3. The van der Waals surface area contributed by atoms with Crippen LogP contribution in [0.3, 0.4) is 0 Å². The van der Waals surface area contributed by atoms with Crippen molar-refractivity contribution >= 4 is 17.7 Å². The van der Waals surface area contributed by atoms with Gasteiger partial charge < -0.3 is 15.5 Å². The highest BCUT2D eigenvalue weighted by molar-refractivity contribution is 5.95. The molecule has 2 rings (SSSR count). The number of nitrogens with zero attached hydrogens (tertiary/aromatic N) is 1. The van der Waals surface area contributed by atoms with Crippen LogP contribution in [0.2, 0.25) is 0 Å². The average Bonchev–Trinajstić information content (AvgIpc) is 2.94. The molecular formula is C19H27N3O3. The number of hydrogen-bond donors (Lipinski definition) is 2. The van der Waals surface area contributed by atoms with E-state index in [0.29, 0.717) is 25.2 Å². The molecule has 1 aliphatic heterocycles. The quantitative estimate of drug-likeness (QED) is 0.794. The summed E-state index contributed by atoms with van der Waals surface area (Å²) in [6.07, 6.45) is 0.249. The second-order valence-corrected chi connectivity index (χ2v) is 7.44. The van der Waals surface area contributed by atoms with Gasteiger partial charge in [-0.2, -0.15) is 0 Å². The summed E-state index contributed by atoms with van der Waals surface area (Å²) in [6, 6.07) is 7.36. The maximum absolute atomic E-state index is 12.2. The van der Waals surface area contributed by atoms with Crippen LogP contribution in [0, 0.1) is 12.8 Å². The molecule has 0 saturated carbocycles. The molecule has 1 atom stereocenters. The summed E-state index contributed by atoms with van der Waals surface area (Å²) in [5.41, 5.74) is 1.28. The number of carbonyl (C=O) groups is 3. The fraction of sp³-hybridized carbons (Fsp3) is 0.526. The predicted octanol–water partition coefficient (Wildman–Crippen LogP) is 1.49. The summed E-state index contributed by atoms with van der Waals surface area (Å²) < 4.78 is 0. The van der Waals surface area contributed by atoms with Gasteiger partial charge in [0.2, 0.25) is 11.8 Å². The van der Waals surface area contributed by atoms with Gasteiger partial charge in [-0.3, -0.25) is 14.4 Å². The Morgan fingerprint density at radius 1 is 1.16 bits per heavy atom. The zero-order chi connectivity index (χ0) is 18.6. The van der Waals surface area contributed by atoms with Crippen molar-refractivity contribution in [3.05, 3.63) is 35.4 Å². The lowest BCUT2D eigenvalue weighted by Crippen LogP contribution is -2.43. The third kappa shape index (κ3) is 4.81. The van der Waals surface area contributed by atoms with E-state index in [1.165, 1.54) is 0 Å². The first kappa shape index (κ1) is 19.0. The minimum atomic E-state index is -0.321. The van der Waals surface area contributed by atoms with Gasteiger partial charge in [-0.15, -0.1) is 0 Å². The Morgan fingerprint density at radius 3 is 2.40 bits per heavy atom. The fourth-order valence-corrected chi connectivity index (χ4v) is 2.96. The van der Waals surface area contributed by atoms with Gasteiger partial charge >= 0.3 is 0 Å². The molecule has 0 radical (unpaired) electrons. The molecule has 1 heterocycles. The minimum Gasteiger partial charge on any atom is -0.354 e. The second-order valence-electron chi connectivity index (χ2n) is 7.44. The van der Waals surface area contributed by atoms with E-state index < -0.39 is 0 Å². The van der Waals surface area contributed by atoms with Gasteiger partial charge in [0.15, 0.2) is 0 Å². The highest BCUT2D eigenvalue weighted by atomic mass is 16.2. The first-order valence-corrected chi connectivity index (χ1v) is 8.62. The molecule has 0 bridgehead atoms. The lowest BCUT2D eigenvalue weighted by atomic mass is 10.1. The second kappa shape index (κ2) is 7.68. The molecule has 0 aromatic heterocycles. The Hall–Kier alpha value is -2.37. The standard InChI is InChI=1S/C19H27N3O3/c1-13-7-5-6-8-15(13)18(25)21-10-9-20-17(24)14-11-16(23)22(12-14)19(2,3)4/h5-8,14H,9-12H2,1-4H3,(H,20,24)(H,21,25). The SMILES string of the molecule is Cc1ccccc1C(=O)NCCNC(=O)C1CC(=O)N(C(C)(C)C)C1. The molecule has 1 saturated heterocycles. The van der Waals surface area contributed by atoms with E-state index in [4.69, 9.17) is 0 Å². The molecule has 0 aliphatic carbocycles. The summed E-state index contributed by atoms with van der Waals surface area (Å²) in [4.78, 5) is 38.1. The van der Waals surface area contributed by atoms with Crippen LogP contribution in [0.25, 0.3) is 0 Å². The molecule has 0 spiro atoms. The van der Waals surface area contributed by atoms with Crippen LogP contribution in [-0.4, -0.2) is 47.8 Å². The van der Waals surface area contributed by atoms with E-state index in [-0.39, 0.29) is 35.6 Å². The third-order valence-electron chi connectivity index (χ3n) is 4.41. The lowest BCUT2D eigenvalue weighted by molar-refractivity contribution is -0.132. The molecule has 6 nitrogen and oxygen atoms in total. The average molecular weight is 345 g/mol. The zero-order valence-corrected chi connectivity index (χ0v) is 15.4. The van der Waals surface area contributed by atoms with Crippen molar-refractivity contribution in [2.45, 2.75) is 39.7 Å². The van der Waals surface area contributed by atoms with Gasteiger partial charge in [0.25, 0.3) is 5.91 Å². The molecule has 1 unspecified atom stereocenters. The molecule has 136 valence electrons. The van der Waals surface area contributed by atoms with Crippen LogP contribution in [0.4, 0.5) is 0 Å². The number of likely N-dealkylation sites (tertiary alicyclic amines) is 1. The maximum atomic E-state index is 12.2. The highest BCUT2D eigenvalue weighted by Gasteiger charge is 2.39. The van der Waals surface area contributed by atoms with Gasteiger partial charge in [-0.1, -0.05) is 18.2 Å². The summed E-state index contributed by atoms with van der Waals surface area (Å²) in [6.45, 7) is 8.92. The molecule has 2 N–H and O–H groups in total. The number of rotatable bonds is 5. The maximum Gasteiger partial charge on any atom is 0.251 e. The Labute approximate surface area is 149 Å². The fourth-order valence-electron chi connectivity index (χ4n) is 2.96. The lowest BCUT2D eigenvalue weighted by Gasteiger charge is -2.31. The number of aryl methyl sites for hydroxylation is 1. The van der Waals surface area contributed by atoms with Gasteiger partial charge in [0.05, 0.1) is 5.92 Å². The van der Waals surface area contributed by atoms with E-state index in [0.717, 1.165) is 5.56 Å². The Bertz CT molecular complexity index is 664. The summed E-state index contributed by atoms with van der Waals surface area (Å²) >= 11 is 0. The molecule has 6 heteroatoms. The molecule has 25 heavy (non-hydrogen) atoms. The van der Waals surface area contributed by atoms with E-state index in [1.807, 2.05) is 45.9 Å². The van der Waals surface area contributed by atoms with E-state index in [1.54, 1.807) is 11.0 Å². The molecule has 1 aliphatic rings. The molecule has 1 fully saturated rings. The molecule has 3 amide bonds. The largest absolute Gasteiger partial charge is 0.354 e. The van der Waals surface area contributed by atoms with Crippen molar-refractivity contribution < 1.29 is 14.4 Å². The van der Waals surface area contributed by atoms with Crippen molar-refractivity contribution in [1.82, 2.24) is 15.5 Å². The zero-order valence-electron chi connectivity index (χ0n) is 15.4. The van der Waals surface area contributed by atoms with Gasteiger partial charge in [0, 0.05) is 37.2 Å². The first-order chi connectivity index (χ1) is 11.7. The van der Waals surface area contributed by atoms with Crippen LogP contribution in [0.5, 0.6) is 0 Å². The minimum absolute atomic E-state index is 0.0144. The summed E-state index contributed by atoms with van der Waals surface area (Å²) in [7, 11) is 0. The van der Waals surface area contributed by atoms with Gasteiger partial charge in [-0.05, 0) is 39.3 Å². The van der Waals surface area contributed by atoms with Crippen LogP contribution in [0.15, 0.2) is 24.3 Å². The van der Waals surface area contributed by atoms with Crippen LogP contribution >= 0.6 is 0 Å². The van der Waals surface area contributed by atoms with Crippen molar-refractivity contribution in [1.29, 1.82) is 0 Å². The monoisotopic (exact) mass is 345 g/mol. The first-order valence-electron chi connectivity index (χ1n) is 8.62. The van der Waals surface area contributed by atoms with E-state index >= 15 is 0 Å². The number of nitrogens with one attached hydrogen (secondary N) is 2. The van der Waals surface area contributed by atoms with Crippen LogP contribution < -0.4 is 10.6 Å². The molecule has 1 aromatic rings. The highest BCUT2D eigenvalue weighted by Crippen LogP contribution is 2.25. The van der Waals surface area contributed by atoms with Gasteiger partial charge in [-0.25, -0.2) is 0 Å². The Balaban J connectivity index is 1.75. The smallest absolute Gasteiger partial charge is 0.251 e. The Morgan fingerprint density at radius 2 is 1.80 bits per heavy atom. The normalized spacial score (nSPS) is 17.5. The van der Waals surface area contributed by atoms with Crippen LogP contribution in [-0.2, 0) is 9.59 Å². The van der Waals surface area contributed by atoms with Crippen molar-refractivity contribution in [3.8, 4) is 0 Å². The number of hydrogen-bond acceptors (Lipinski definition) is 3. The van der Waals surface area contributed by atoms with E-state index in [2.05, 4.69) is 10.6 Å². The van der Waals surface area contributed by atoms with Crippen molar-refractivity contribution in [3.63, 3.8) is 0 Å². The van der Waals surface area contributed by atoms with Crippen molar-refractivity contribution in [2.75, 3.05) is 19.6 Å². The molecular weight excluding hydrogens is 318 g/mol. The predicted molar refractivity (Wildman–Crippen MR) is 96.1 cm³/mol. The summed E-state index contributed by atoms with van der Waals surface area (Å²) in [5, 5.41) is 5.60. The van der Waals surface area contributed by atoms with Gasteiger partial charge in [0.1, 0.15) is 0 Å². The van der Waals surface area contributed by atoms with Crippen molar-refractivity contribution in [2.24, 2.45) is 5.92 Å². The molecule has 1 aromatic carbocycles. The van der Waals surface area contributed by atoms with Crippen LogP contribution in [0.1, 0.15) is 43.1 Å². The summed E-state index contributed by atoms with van der Waals surface area (Å²) in [5.74, 6) is -0.591. The Kier molecular flexibility index (Phi) is 5.82. The van der Waals surface area contributed by atoms with E-state index in [9.17, 15) is 14.4 Å². The topological polar surface area (TPSA) is 78.5 Å². The number of amides is 3. The number of benzene rings is 1.